The van der Waals surface area contributed by atoms with Gasteiger partial charge in [-0.1, -0.05) is 44.0 Å². The predicted octanol–water partition coefficient (Wildman–Crippen LogP) is 3.61. The number of aliphatic carboxylic acids is 1. The number of halogens is 2. The highest BCUT2D eigenvalue weighted by molar-refractivity contribution is 6.35. The third kappa shape index (κ3) is 4.58. The molecule has 2 amide bonds. The zero-order valence-corrected chi connectivity index (χ0v) is 12.8. The first-order valence-corrected chi connectivity index (χ1v) is 6.62. The lowest BCUT2D eigenvalue weighted by Crippen LogP contribution is -2.50. The van der Waals surface area contributed by atoms with Crippen LogP contribution in [0.4, 0.5) is 10.5 Å². The number of carboxylic acid groups (broad SMARTS) is 1. The Labute approximate surface area is 127 Å². The minimum atomic E-state index is -1.11. The molecule has 5 nitrogen and oxygen atoms in total. The highest BCUT2D eigenvalue weighted by Crippen LogP contribution is 2.25. The normalized spacial score (nSPS) is 12.7. The van der Waals surface area contributed by atoms with Gasteiger partial charge in [0.2, 0.25) is 0 Å². The monoisotopic (exact) mass is 318 g/mol. The Morgan fingerprint density at radius 2 is 1.85 bits per heavy atom. The first kappa shape index (κ1) is 16.6. The van der Waals surface area contributed by atoms with Crippen LogP contribution in [-0.2, 0) is 4.79 Å². The minimum absolute atomic E-state index is 0.312. The molecule has 0 aromatic heterocycles. The van der Waals surface area contributed by atoms with E-state index in [0.717, 1.165) is 0 Å². The fraction of sp³-hybridized carbons (Fsp3) is 0.385. The Morgan fingerprint density at radius 1 is 1.25 bits per heavy atom. The van der Waals surface area contributed by atoms with Gasteiger partial charge in [-0.2, -0.15) is 0 Å². The molecule has 0 unspecified atom stereocenters. The number of urea groups is 1. The second-order valence-corrected chi connectivity index (χ2v) is 6.20. The number of nitrogens with one attached hydrogen (secondary N) is 2. The Morgan fingerprint density at radius 3 is 2.35 bits per heavy atom. The second kappa shape index (κ2) is 6.33. The minimum Gasteiger partial charge on any atom is -0.480 e. The van der Waals surface area contributed by atoms with Gasteiger partial charge in [0.05, 0.1) is 10.7 Å². The van der Waals surface area contributed by atoms with Gasteiger partial charge in [-0.15, -0.1) is 0 Å². The van der Waals surface area contributed by atoms with Gasteiger partial charge >= 0.3 is 12.0 Å². The summed E-state index contributed by atoms with van der Waals surface area (Å²) >= 11 is 11.7. The molecule has 20 heavy (non-hydrogen) atoms. The van der Waals surface area contributed by atoms with Crippen molar-refractivity contribution in [3.05, 3.63) is 28.2 Å². The molecule has 0 heterocycles. The molecule has 1 rings (SSSR count). The summed E-state index contributed by atoms with van der Waals surface area (Å²) < 4.78 is 0. The maximum Gasteiger partial charge on any atom is 0.326 e. The van der Waals surface area contributed by atoms with Crippen molar-refractivity contribution < 1.29 is 14.7 Å². The van der Waals surface area contributed by atoms with E-state index in [4.69, 9.17) is 28.3 Å². The molecule has 0 saturated heterocycles. The van der Waals surface area contributed by atoms with E-state index in [0.29, 0.717) is 15.7 Å². The maximum atomic E-state index is 11.9. The van der Waals surface area contributed by atoms with Crippen LogP contribution in [0.3, 0.4) is 0 Å². The number of amides is 2. The molecule has 0 aliphatic carbocycles. The lowest BCUT2D eigenvalue weighted by molar-refractivity contribution is -0.141. The fourth-order valence-electron chi connectivity index (χ4n) is 1.53. The smallest absolute Gasteiger partial charge is 0.326 e. The van der Waals surface area contributed by atoms with Gasteiger partial charge in [0.1, 0.15) is 6.04 Å². The van der Waals surface area contributed by atoms with Crippen molar-refractivity contribution in [1.82, 2.24) is 5.32 Å². The van der Waals surface area contributed by atoms with Gasteiger partial charge in [0, 0.05) is 5.02 Å². The molecule has 0 bridgehead atoms. The molecular formula is C13H16Cl2N2O3. The molecule has 0 aliphatic heterocycles. The lowest BCUT2D eigenvalue weighted by atomic mass is 9.87. The first-order valence-electron chi connectivity index (χ1n) is 5.86. The van der Waals surface area contributed by atoms with E-state index >= 15 is 0 Å². The van der Waals surface area contributed by atoms with Crippen LogP contribution in [0, 0.1) is 5.41 Å². The number of carboxylic acids is 1. The van der Waals surface area contributed by atoms with Gasteiger partial charge in [-0.25, -0.2) is 9.59 Å². The second-order valence-electron chi connectivity index (χ2n) is 5.36. The van der Waals surface area contributed by atoms with E-state index in [2.05, 4.69) is 10.6 Å². The molecule has 3 N–H and O–H groups in total. The summed E-state index contributed by atoms with van der Waals surface area (Å²) in [6.07, 6.45) is 0. The Kier molecular flexibility index (Phi) is 5.25. The number of rotatable bonds is 3. The summed E-state index contributed by atoms with van der Waals surface area (Å²) in [5.74, 6) is -1.11. The highest BCUT2D eigenvalue weighted by atomic mass is 35.5. The van der Waals surface area contributed by atoms with Crippen LogP contribution < -0.4 is 10.6 Å². The van der Waals surface area contributed by atoms with Gasteiger partial charge in [-0.05, 0) is 23.6 Å². The highest BCUT2D eigenvalue weighted by Gasteiger charge is 2.32. The first-order chi connectivity index (χ1) is 9.11. The van der Waals surface area contributed by atoms with Gasteiger partial charge < -0.3 is 15.7 Å². The van der Waals surface area contributed by atoms with Crippen LogP contribution in [0.25, 0.3) is 0 Å². The van der Waals surface area contributed by atoms with E-state index in [-0.39, 0.29) is 0 Å². The molecule has 0 radical (unpaired) electrons. The molecule has 0 aliphatic rings. The van der Waals surface area contributed by atoms with Gasteiger partial charge in [-0.3, -0.25) is 0 Å². The summed E-state index contributed by atoms with van der Waals surface area (Å²) in [7, 11) is 0. The largest absolute Gasteiger partial charge is 0.480 e. The van der Waals surface area contributed by atoms with E-state index in [1.807, 2.05) is 0 Å². The van der Waals surface area contributed by atoms with Crippen LogP contribution >= 0.6 is 23.2 Å². The third-order valence-electron chi connectivity index (χ3n) is 2.57. The molecule has 0 saturated carbocycles. The number of carbonyl (C=O) groups is 2. The van der Waals surface area contributed by atoms with E-state index in [9.17, 15) is 9.59 Å². The zero-order valence-electron chi connectivity index (χ0n) is 11.3. The standard InChI is InChI=1S/C13H16Cl2N2O3/c1-13(2,3)10(11(18)19)17-12(20)16-9-6-7(14)4-5-8(9)15/h4-6,10H,1-3H3,(H,18,19)(H2,16,17,20)/t10-/m0/s1. The zero-order chi connectivity index (χ0) is 15.5. The van der Waals surface area contributed by atoms with Crippen molar-refractivity contribution in [2.45, 2.75) is 26.8 Å². The van der Waals surface area contributed by atoms with Crippen molar-refractivity contribution in [1.29, 1.82) is 0 Å². The molecule has 1 atom stereocenters. The van der Waals surface area contributed by atoms with Crippen LogP contribution in [-0.4, -0.2) is 23.1 Å². The Balaban J connectivity index is 2.81. The van der Waals surface area contributed by atoms with Crippen LogP contribution in [0.1, 0.15) is 20.8 Å². The molecule has 7 heteroatoms. The summed E-state index contributed by atoms with van der Waals surface area (Å²) in [5.41, 5.74) is -0.309. The maximum absolute atomic E-state index is 11.9. The lowest BCUT2D eigenvalue weighted by Gasteiger charge is -2.27. The number of benzene rings is 1. The average Bonchev–Trinajstić information content (AvgIpc) is 2.29. The molecule has 1 aromatic carbocycles. The van der Waals surface area contributed by atoms with Crippen LogP contribution in [0.5, 0.6) is 0 Å². The fourth-order valence-corrected chi connectivity index (χ4v) is 1.87. The van der Waals surface area contributed by atoms with Gasteiger partial charge in [0.15, 0.2) is 0 Å². The third-order valence-corrected chi connectivity index (χ3v) is 3.13. The SMILES string of the molecule is CC(C)(C)[C@@H](NC(=O)Nc1cc(Cl)ccc1Cl)C(=O)O. The van der Waals surface area contributed by atoms with Crippen molar-refractivity contribution in [2.75, 3.05) is 5.32 Å². The summed E-state index contributed by atoms with van der Waals surface area (Å²) in [6, 6.07) is 2.92. The molecule has 1 aromatic rings. The molecular weight excluding hydrogens is 303 g/mol. The Hall–Kier alpha value is -1.46. The quantitative estimate of drug-likeness (QED) is 0.796. The van der Waals surface area contributed by atoms with Crippen molar-refractivity contribution in [2.24, 2.45) is 5.41 Å². The van der Waals surface area contributed by atoms with E-state index in [1.54, 1.807) is 26.8 Å². The van der Waals surface area contributed by atoms with Crippen molar-refractivity contribution in [3.63, 3.8) is 0 Å². The predicted molar refractivity (Wildman–Crippen MR) is 79.5 cm³/mol. The summed E-state index contributed by atoms with van der Waals surface area (Å²) in [6.45, 7) is 5.16. The number of carbonyl (C=O) groups excluding carboxylic acids is 1. The van der Waals surface area contributed by atoms with Crippen molar-refractivity contribution in [3.8, 4) is 0 Å². The Bertz CT molecular complexity index is 527. The summed E-state index contributed by atoms with van der Waals surface area (Å²) in [4.78, 5) is 23.0. The van der Waals surface area contributed by atoms with E-state index in [1.165, 1.54) is 12.1 Å². The van der Waals surface area contributed by atoms with Crippen LogP contribution in [0.15, 0.2) is 18.2 Å². The summed E-state index contributed by atoms with van der Waals surface area (Å²) in [5, 5.41) is 14.7. The number of hydrogen-bond donors (Lipinski definition) is 3. The average molecular weight is 319 g/mol. The topological polar surface area (TPSA) is 78.4 Å². The molecule has 0 fully saturated rings. The number of hydrogen-bond acceptors (Lipinski definition) is 2. The van der Waals surface area contributed by atoms with Crippen LogP contribution in [0.2, 0.25) is 10.0 Å². The van der Waals surface area contributed by atoms with Gasteiger partial charge in [0.25, 0.3) is 0 Å². The molecule has 110 valence electrons. The number of anilines is 1. The van der Waals surface area contributed by atoms with E-state index < -0.39 is 23.5 Å². The van der Waals surface area contributed by atoms with Crippen molar-refractivity contribution >= 4 is 40.9 Å². The molecule has 0 spiro atoms.